The minimum atomic E-state index is -0.409. The SMILES string of the molecule is CN(CC1(c2ccccc2)CC1)c1cc2c(cc1[N+](=O)[O-])OCC(=O)N2. The minimum absolute atomic E-state index is 0.0220. The maximum absolute atomic E-state index is 11.6. The van der Waals surface area contributed by atoms with Gasteiger partial charge in [-0.05, 0) is 24.5 Å². The van der Waals surface area contributed by atoms with Gasteiger partial charge in [-0.25, -0.2) is 0 Å². The molecule has 7 nitrogen and oxygen atoms in total. The van der Waals surface area contributed by atoms with Crippen LogP contribution in [0.4, 0.5) is 17.1 Å². The van der Waals surface area contributed by atoms with E-state index in [1.165, 1.54) is 11.6 Å². The lowest BCUT2D eigenvalue weighted by Gasteiger charge is -2.27. The standard InChI is InChI=1S/C19H19N3O4/c1-21(12-19(7-8-19)13-5-3-2-4-6-13)15-9-14-17(10-16(15)22(24)25)26-11-18(23)20-14/h2-6,9-10H,7-8,11-12H2,1H3,(H,20,23). The van der Waals surface area contributed by atoms with E-state index in [9.17, 15) is 14.9 Å². The highest BCUT2D eigenvalue weighted by Gasteiger charge is 2.45. The maximum Gasteiger partial charge on any atom is 0.296 e. The van der Waals surface area contributed by atoms with Crippen molar-refractivity contribution in [3.05, 3.63) is 58.1 Å². The zero-order chi connectivity index (χ0) is 18.3. The zero-order valence-corrected chi connectivity index (χ0v) is 14.4. The molecule has 0 saturated heterocycles. The Kier molecular flexibility index (Phi) is 3.79. The summed E-state index contributed by atoms with van der Waals surface area (Å²) in [6.07, 6.45) is 2.11. The average molecular weight is 353 g/mol. The number of benzene rings is 2. The molecule has 0 radical (unpaired) electrons. The molecule has 0 unspecified atom stereocenters. The fourth-order valence-electron chi connectivity index (χ4n) is 3.58. The Morgan fingerprint density at radius 3 is 2.65 bits per heavy atom. The van der Waals surface area contributed by atoms with E-state index in [1.54, 1.807) is 6.07 Å². The Morgan fingerprint density at radius 2 is 2.00 bits per heavy atom. The van der Waals surface area contributed by atoms with Crippen molar-refractivity contribution >= 4 is 23.0 Å². The van der Waals surface area contributed by atoms with Gasteiger partial charge >= 0.3 is 0 Å². The molecule has 0 atom stereocenters. The third-order valence-electron chi connectivity index (χ3n) is 5.10. The Morgan fingerprint density at radius 1 is 1.27 bits per heavy atom. The topological polar surface area (TPSA) is 84.7 Å². The first-order valence-corrected chi connectivity index (χ1v) is 8.50. The first-order valence-electron chi connectivity index (χ1n) is 8.50. The van der Waals surface area contributed by atoms with Crippen LogP contribution in [-0.4, -0.2) is 31.0 Å². The molecule has 0 aromatic heterocycles. The van der Waals surface area contributed by atoms with E-state index in [0.717, 1.165) is 12.8 Å². The summed E-state index contributed by atoms with van der Waals surface area (Å²) >= 11 is 0. The molecule has 1 aliphatic heterocycles. The number of nitro benzene ring substituents is 1. The maximum atomic E-state index is 11.6. The van der Waals surface area contributed by atoms with Crippen LogP contribution < -0.4 is 15.0 Å². The Bertz CT molecular complexity index is 878. The second-order valence-electron chi connectivity index (χ2n) is 6.93. The summed E-state index contributed by atoms with van der Waals surface area (Å²) in [6, 6.07) is 13.3. The normalized spacial score (nSPS) is 16.9. The number of carbonyl (C=O) groups is 1. The predicted octanol–water partition coefficient (Wildman–Crippen LogP) is 3.09. The number of nitro groups is 1. The molecule has 1 saturated carbocycles. The van der Waals surface area contributed by atoms with Gasteiger partial charge in [-0.2, -0.15) is 0 Å². The average Bonchev–Trinajstić information content (AvgIpc) is 3.42. The second-order valence-corrected chi connectivity index (χ2v) is 6.93. The second kappa shape index (κ2) is 6.01. The summed E-state index contributed by atoms with van der Waals surface area (Å²) in [5, 5.41) is 14.3. The summed E-state index contributed by atoms with van der Waals surface area (Å²) in [4.78, 5) is 24.6. The van der Waals surface area contributed by atoms with Crippen LogP contribution in [0.2, 0.25) is 0 Å². The molecule has 1 N–H and O–H groups in total. The van der Waals surface area contributed by atoms with Crippen molar-refractivity contribution in [2.24, 2.45) is 0 Å². The van der Waals surface area contributed by atoms with Gasteiger partial charge in [-0.1, -0.05) is 30.3 Å². The molecule has 2 aromatic carbocycles. The predicted molar refractivity (Wildman–Crippen MR) is 97.8 cm³/mol. The number of ether oxygens (including phenoxy) is 1. The monoisotopic (exact) mass is 353 g/mol. The van der Waals surface area contributed by atoms with Gasteiger partial charge in [0, 0.05) is 19.0 Å². The van der Waals surface area contributed by atoms with Crippen LogP contribution in [0.1, 0.15) is 18.4 Å². The molecule has 2 aliphatic rings. The van der Waals surface area contributed by atoms with Gasteiger partial charge in [0.05, 0.1) is 16.7 Å². The fourth-order valence-corrected chi connectivity index (χ4v) is 3.58. The van der Waals surface area contributed by atoms with Crippen LogP contribution in [0.3, 0.4) is 0 Å². The highest BCUT2D eigenvalue weighted by atomic mass is 16.6. The number of rotatable bonds is 5. The summed E-state index contributed by atoms with van der Waals surface area (Å²) in [7, 11) is 1.85. The number of amides is 1. The molecule has 26 heavy (non-hydrogen) atoms. The molecular formula is C19H19N3O4. The summed E-state index contributed by atoms with van der Waals surface area (Å²) in [5.74, 6) is 0.0700. The Balaban J connectivity index is 1.67. The zero-order valence-electron chi connectivity index (χ0n) is 14.4. The molecule has 134 valence electrons. The van der Waals surface area contributed by atoms with E-state index in [-0.39, 0.29) is 23.6 Å². The Labute approximate surface area is 150 Å². The van der Waals surface area contributed by atoms with E-state index in [1.807, 2.05) is 30.1 Å². The number of hydrogen-bond acceptors (Lipinski definition) is 5. The third-order valence-corrected chi connectivity index (χ3v) is 5.10. The van der Waals surface area contributed by atoms with E-state index < -0.39 is 4.92 Å². The van der Waals surface area contributed by atoms with Gasteiger partial charge in [-0.3, -0.25) is 14.9 Å². The van der Waals surface area contributed by atoms with Gasteiger partial charge < -0.3 is 15.0 Å². The van der Waals surface area contributed by atoms with E-state index >= 15 is 0 Å². The molecule has 1 heterocycles. The van der Waals surface area contributed by atoms with Crippen molar-refractivity contribution in [1.29, 1.82) is 0 Å². The molecule has 1 amide bonds. The van der Waals surface area contributed by atoms with Crippen molar-refractivity contribution in [3.8, 4) is 5.75 Å². The number of hydrogen-bond donors (Lipinski definition) is 1. The van der Waals surface area contributed by atoms with Crippen LogP contribution in [-0.2, 0) is 10.2 Å². The van der Waals surface area contributed by atoms with Gasteiger partial charge in [0.15, 0.2) is 12.4 Å². The minimum Gasteiger partial charge on any atom is -0.481 e. The summed E-state index contributed by atoms with van der Waals surface area (Å²) in [5.41, 5.74) is 2.20. The molecule has 1 aliphatic carbocycles. The first kappa shape index (κ1) is 16.4. The van der Waals surface area contributed by atoms with Gasteiger partial charge in [-0.15, -0.1) is 0 Å². The lowest BCUT2D eigenvalue weighted by atomic mass is 9.95. The van der Waals surface area contributed by atoms with Crippen molar-refractivity contribution in [2.45, 2.75) is 18.3 Å². The third kappa shape index (κ3) is 2.85. The number of fused-ring (bicyclic) bond motifs is 1. The molecule has 2 aromatic rings. The molecule has 4 rings (SSSR count). The van der Waals surface area contributed by atoms with Gasteiger partial charge in [0.1, 0.15) is 5.69 Å². The lowest BCUT2D eigenvalue weighted by molar-refractivity contribution is -0.384. The quantitative estimate of drug-likeness (QED) is 0.659. The van der Waals surface area contributed by atoms with Crippen molar-refractivity contribution < 1.29 is 14.5 Å². The molecule has 1 fully saturated rings. The largest absolute Gasteiger partial charge is 0.481 e. The van der Waals surface area contributed by atoms with Crippen molar-refractivity contribution in [2.75, 3.05) is 30.4 Å². The number of carbonyl (C=O) groups excluding carboxylic acids is 1. The lowest BCUT2D eigenvalue weighted by Crippen LogP contribution is -2.30. The number of anilines is 2. The highest BCUT2D eigenvalue weighted by Crippen LogP contribution is 2.50. The highest BCUT2D eigenvalue weighted by molar-refractivity contribution is 5.97. The first-order chi connectivity index (χ1) is 12.5. The number of likely N-dealkylation sites (N-methyl/N-ethyl adjacent to an activating group) is 1. The summed E-state index contributed by atoms with van der Waals surface area (Å²) < 4.78 is 5.31. The van der Waals surface area contributed by atoms with Crippen LogP contribution >= 0.6 is 0 Å². The number of nitrogens with one attached hydrogen (secondary N) is 1. The smallest absolute Gasteiger partial charge is 0.296 e. The van der Waals surface area contributed by atoms with E-state index in [4.69, 9.17) is 4.74 Å². The Hall–Kier alpha value is -3.09. The van der Waals surface area contributed by atoms with Crippen molar-refractivity contribution in [3.63, 3.8) is 0 Å². The van der Waals surface area contributed by atoms with E-state index in [2.05, 4.69) is 17.4 Å². The molecule has 7 heteroatoms. The van der Waals surface area contributed by atoms with Crippen LogP contribution in [0.5, 0.6) is 5.75 Å². The van der Waals surface area contributed by atoms with Crippen LogP contribution in [0.15, 0.2) is 42.5 Å². The van der Waals surface area contributed by atoms with Gasteiger partial charge in [0.2, 0.25) is 0 Å². The number of nitrogens with zero attached hydrogens (tertiary/aromatic N) is 2. The van der Waals surface area contributed by atoms with Crippen molar-refractivity contribution in [1.82, 2.24) is 0 Å². The molecule has 0 spiro atoms. The molecular weight excluding hydrogens is 334 g/mol. The van der Waals surface area contributed by atoms with Gasteiger partial charge in [0.25, 0.3) is 11.6 Å². The molecule has 0 bridgehead atoms. The van der Waals surface area contributed by atoms with E-state index in [0.29, 0.717) is 23.7 Å². The fraction of sp³-hybridized carbons (Fsp3) is 0.316. The van der Waals surface area contributed by atoms with Crippen LogP contribution in [0.25, 0.3) is 0 Å². The van der Waals surface area contributed by atoms with Crippen LogP contribution in [0, 0.1) is 10.1 Å². The summed E-state index contributed by atoms with van der Waals surface area (Å²) in [6.45, 7) is 0.544.